The lowest BCUT2D eigenvalue weighted by Gasteiger charge is -2.38. The lowest BCUT2D eigenvalue weighted by molar-refractivity contribution is 0.0572. The molecule has 1 aliphatic heterocycles. The van der Waals surface area contributed by atoms with Crippen molar-refractivity contribution in [3.63, 3.8) is 0 Å². The van der Waals surface area contributed by atoms with Crippen LogP contribution in [0.2, 0.25) is 0 Å². The van der Waals surface area contributed by atoms with Crippen LogP contribution in [0.15, 0.2) is 23.1 Å². The average molecular weight is 402 g/mol. The van der Waals surface area contributed by atoms with Gasteiger partial charge in [-0.3, -0.25) is 4.79 Å². The molecule has 2 aliphatic rings. The van der Waals surface area contributed by atoms with Crippen molar-refractivity contribution in [3.05, 3.63) is 29.3 Å². The van der Waals surface area contributed by atoms with Gasteiger partial charge in [-0.25, -0.2) is 13.1 Å². The molecule has 0 spiro atoms. The summed E-state index contributed by atoms with van der Waals surface area (Å²) < 4.78 is 27.6. The third-order valence-corrected chi connectivity index (χ3v) is 6.68. The average Bonchev–Trinajstić information content (AvgIpc) is 3.37. The number of rotatable bonds is 5. The first-order valence-electron chi connectivity index (χ1n) is 8.96. The second-order valence-corrected chi connectivity index (χ2v) is 9.10. The Labute approximate surface area is 162 Å². The van der Waals surface area contributed by atoms with E-state index in [4.69, 9.17) is 5.73 Å². The largest absolute Gasteiger partial charge is 0.334 e. The van der Waals surface area contributed by atoms with Crippen LogP contribution >= 0.6 is 12.4 Å². The van der Waals surface area contributed by atoms with Gasteiger partial charge >= 0.3 is 0 Å². The summed E-state index contributed by atoms with van der Waals surface area (Å²) >= 11 is 0. The summed E-state index contributed by atoms with van der Waals surface area (Å²) in [6.07, 6.45) is 3.59. The number of nitrogens with two attached hydrogens (primary N) is 1. The van der Waals surface area contributed by atoms with E-state index >= 15 is 0 Å². The number of nitrogens with one attached hydrogen (secondary N) is 1. The molecule has 3 rings (SSSR count). The zero-order valence-corrected chi connectivity index (χ0v) is 16.9. The molecule has 2 fully saturated rings. The van der Waals surface area contributed by atoms with E-state index in [0.717, 1.165) is 31.2 Å². The minimum atomic E-state index is -3.57. The Morgan fingerprint density at radius 1 is 1.31 bits per heavy atom. The van der Waals surface area contributed by atoms with Gasteiger partial charge in [0, 0.05) is 30.7 Å². The summed E-state index contributed by atoms with van der Waals surface area (Å²) in [5.74, 6) is 0.427. The zero-order chi connectivity index (χ0) is 18.2. The Hall–Kier alpha value is -1.15. The predicted molar refractivity (Wildman–Crippen MR) is 104 cm³/mol. The number of aryl methyl sites for hydroxylation is 1. The second kappa shape index (κ2) is 8.25. The van der Waals surface area contributed by atoms with Crippen LogP contribution in [-0.4, -0.2) is 44.4 Å². The molecule has 1 aromatic rings. The molecule has 1 amide bonds. The van der Waals surface area contributed by atoms with E-state index in [1.54, 1.807) is 12.1 Å². The number of hydrogen-bond acceptors (Lipinski definition) is 4. The van der Waals surface area contributed by atoms with Crippen LogP contribution in [-0.2, 0) is 10.0 Å². The van der Waals surface area contributed by atoms with Crippen molar-refractivity contribution >= 4 is 28.3 Å². The van der Waals surface area contributed by atoms with E-state index in [1.165, 1.54) is 6.07 Å². The fourth-order valence-electron chi connectivity index (χ4n) is 3.38. The summed E-state index contributed by atoms with van der Waals surface area (Å²) in [5, 5.41) is 0. The molecule has 2 unspecified atom stereocenters. The van der Waals surface area contributed by atoms with Crippen molar-refractivity contribution in [1.82, 2.24) is 9.62 Å². The van der Waals surface area contributed by atoms with Crippen molar-refractivity contribution < 1.29 is 13.2 Å². The smallest absolute Gasteiger partial charge is 0.254 e. The first-order valence-corrected chi connectivity index (χ1v) is 10.4. The monoisotopic (exact) mass is 401 g/mol. The van der Waals surface area contributed by atoms with Gasteiger partial charge in [0.05, 0.1) is 4.90 Å². The van der Waals surface area contributed by atoms with Gasteiger partial charge in [-0.1, -0.05) is 13.0 Å². The second-order valence-electron chi connectivity index (χ2n) is 7.39. The van der Waals surface area contributed by atoms with E-state index in [-0.39, 0.29) is 35.3 Å². The van der Waals surface area contributed by atoms with Crippen LogP contribution in [0.3, 0.4) is 0 Å². The number of nitrogens with zero attached hydrogens (tertiary/aromatic N) is 1. The number of piperidine rings is 1. The quantitative estimate of drug-likeness (QED) is 0.789. The molecule has 1 aromatic carbocycles. The molecule has 8 heteroatoms. The third-order valence-electron chi connectivity index (χ3n) is 5.16. The van der Waals surface area contributed by atoms with E-state index < -0.39 is 10.0 Å². The minimum Gasteiger partial charge on any atom is -0.334 e. The topological polar surface area (TPSA) is 92.5 Å². The van der Waals surface area contributed by atoms with Crippen molar-refractivity contribution in [2.75, 3.05) is 13.1 Å². The Morgan fingerprint density at radius 2 is 2.00 bits per heavy atom. The molecule has 0 bridgehead atoms. The lowest BCUT2D eigenvalue weighted by atomic mass is 9.91. The number of benzene rings is 1. The van der Waals surface area contributed by atoms with Crippen molar-refractivity contribution in [1.29, 1.82) is 0 Å². The first-order chi connectivity index (χ1) is 11.8. The molecule has 2 atom stereocenters. The maximum Gasteiger partial charge on any atom is 0.254 e. The van der Waals surface area contributed by atoms with Gasteiger partial charge in [0.2, 0.25) is 10.0 Å². The maximum atomic E-state index is 13.1. The summed E-state index contributed by atoms with van der Waals surface area (Å²) in [7, 11) is -3.57. The molecule has 1 saturated heterocycles. The number of halogens is 1. The number of hydrogen-bond donors (Lipinski definition) is 2. The number of carbonyl (C=O) groups is 1. The van der Waals surface area contributed by atoms with Gasteiger partial charge in [-0.05, 0) is 56.2 Å². The maximum absolute atomic E-state index is 13.1. The van der Waals surface area contributed by atoms with Gasteiger partial charge in [0.1, 0.15) is 0 Å². The van der Waals surface area contributed by atoms with E-state index in [1.807, 2.05) is 11.8 Å². The van der Waals surface area contributed by atoms with Gasteiger partial charge < -0.3 is 10.6 Å². The normalized spacial score (nSPS) is 23.4. The SMILES string of the molecule is Cc1ccc(S(=O)(=O)NC2CC2)cc1C(=O)N1CCC(C)CC1CN.Cl. The van der Waals surface area contributed by atoms with Gasteiger partial charge in [-0.2, -0.15) is 0 Å². The fourth-order valence-corrected chi connectivity index (χ4v) is 4.72. The fraction of sp³-hybridized carbons (Fsp3) is 0.611. The molecule has 1 heterocycles. The molecular formula is C18H28ClN3O3S. The zero-order valence-electron chi connectivity index (χ0n) is 15.3. The van der Waals surface area contributed by atoms with Gasteiger partial charge in [-0.15, -0.1) is 12.4 Å². The highest BCUT2D eigenvalue weighted by Crippen LogP contribution is 2.27. The first kappa shape index (κ1) is 21.2. The molecule has 1 aliphatic carbocycles. The molecule has 1 saturated carbocycles. The number of likely N-dealkylation sites (tertiary alicyclic amines) is 1. The van der Waals surface area contributed by atoms with Crippen LogP contribution in [0.25, 0.3) is 0 Å². The van der Waals surface area contributed by atoms with E-state index in [0.29, 0.717) is 24.6 Å². The standard InChI is InChI=1S/C18H27N3O3S.ClH/c1-12-7-8-21(15(9-12)11-19)18(22)17-10-16(6-3-13(17)2)25(23,24)20-14-4-5-14;/h3,6,10,12,14-15,20H,4-5,7-9,11,19H2,1-2H3;1H. The Balaban J connectivity index is 0.00000243. The molecule has 0 aromatic heterocycles. The van der Waals surface area contributed by atoms with Crippen molar-refractivity contribution in [2.24, 2.45) is 11.7 Å². The molecular weight excluding hydrogens is 374 g/mol. The van der Waals surface area contributed by atoms with Crippen molar-refractivity contribution in [2.45, 2.75) is 56.5 Å². The van der Waals surface area contributed by atoms with Gasteiger partial charge in [0.25, 0.3) is 5.91 Å². The van der Waals surface area contributed by atoms with Crippen LogP contribution in [0.5, 0.6) is 0 Å². The van der Waals surface area contributed by atoms with Crippen LogP contribution in [0.4, 0.5) is 0 Å². The minimum absolute atomic E-state index is 0. The highest BCUT2D eigenvalue weighted by Gasteiger charge is 2.32. The van der Waals surface area contributed by atoms with Gasteiger partial charge in [0.15, 0.2) is 0 Å². The summed E-state index contributed by atoms with van der Waals surface area (Å²) in [5.41, 5.74) is 7.10. The molecule has 0 radical (unpaired) electrons. The van der Waals surface area contributed by atoms with Crippen LogP contribution in [0.1, 0.15) is 48.5 Å². The lowest BCUT2D eigenvalue weighted by Crippen LogP contribution is -2.49. The van der Waals surface area contributed by atoms with E-state index in [2.05, 4.69) is 11.6 Å². The van der Waals surface area contributed by atoms with Crippen molar-refractivity contribution in [3.8, 4) is 0 Å². The summed E-state index contributed by atoms with van der Waals surface area (Å²) in [6, 6.07) is 4.83. The Kier molecular flexibility index (Phi) is 6.71. The Bertz CT molecular complexity index is 765. The number of sulfonamides is 1. The summed E-state index contributed by atoms with van der Waals surface area (Å²) in [4.78, 5) is 15.0. The molecule has 3 N–H and O–H groups in total. The highest BCUT2D eigenvalue weighted by atomic mass is 35.5. The molecule has 6 nitrogen and oxygen atoms in total. The molecule has 146 valence electrons. The predicted octanol–water partition coefficient (Wildman–Crippen LogP) is 2.06. The number of amides is 1. The number of carbonyl (C=O) groups excluding carboxylic acids is 1. The highest BCUT2D eigenvalue weighted by molar-refractivity contribution is 7.89. The Morgan fingerprint density at radius 3 is 2.62 bits per heavy atom. The third kappa shape index (κ3) is 4.57. The van der Waals surface area contributed by atoms with E-state index in [9.17, 15) is 13.2 Å². The summed E-state index contributed by atoms with van der Waals surface area (Å²) in [6.45, 7) is 5.10. The van der Waals surface area contributed by atoms with Crippen LogP contribution < -0.4 is 10.5 Å². The molecule has 26 heavy (non-hydrogen) atoms. The van der Waals surface area contributed by atoms with Crippen LogP contribution in [0, 0.1) is 12.8 Å².